The van der Waals surface area contributed by atoms with E-state index < -0.39 is 5.97 Å². The molecule has 4 heteroatoms. The molecule has 0 radical (unpaired) electrons. The smallest absolute Gasteiger partial charge is 0.343 e. The monoisotopic (exact) mass is 242 g/mol. The Labute approximate surface area is 105 Å². The third-order valence-electron chi connectivity index (χ3n) is 2.44. The van der Waals surface area contributed by atoms with E-state index in [1.807, 2.05) is 19.1 Å². The second-order valence-electron chi connectivity index (χ2n) is 4.09. The van der Waals surface area contributed by atoms with Crippen LogP contribution in [0.4, 0.5) is 11.4 Å². The Hall–Kier alpha value is -2.49. The average Bonchev–Trinajstić information content (AvgIpc) is 2.31. The van der Waals surface area contributed by atoms with Gasteiger partial charge in [-0.3, -0.25) is 0 Å². The molecule has 0 saturated carbocycles. The molecule has 0 heterocycles. The van der Waals surface area contributed by atoms with Crippen molar-refractivity contribution in [3.63, 3.8) is 0 Å². The number of carbonyl (C=O) groups is 1. The molecule has 0 aliphatic rings. The Morgan fingerprint density at radius 3 is 2.11 bits per heavy atom. The third kappa shape index (κ3) is 2.79. The second-order valence-corrected chi connectivity index (χ2v) is 4.09. The maximum Gasteiger partial charge on any atom is 0.343 e. The van der Waals surface area contributed by atoms with Gasteiger partial charge in [-0.05, 0) is 37.3 Å². The van der Waals surface area contributed by atoms with Crippen molar-refractivity contribution in [2.24, 2.45) is 0 Å². The fourth-order valence-corrected chi connectivity index (χ4v) is 1.57. The molecule has 0 unspecified atom stereocenters. The SMILES string of the molecule is Cc1ccc(OC(=O)c2cc(N)cc(N)c2)cc1. The first-order valence-electron chi connectivity index (χ1n) is 5.49. The lowest BCUT2D eigenvalue weighted by atomic mass is 10.2. The topological polar surface area (TPSA) is 78.3 Å². The highest BCUT2D eigenvalue weighted by atomic mass is 16.5. The lowest BCUT2D eigenvalue weighted by molar-refractivity contribution is 0.0735. The first kappa shape index (κ1) is 12.0. The number of rotatable bonds is 2. The van der Waals surface area contributed by atoms with E-state index in [1.54, 1.807) is 18.2 Å². The number of benzene rings is 2. The van der Waals surface area contributed by atoms with E-state index in [0.29, 0.717) is 22.7 Å². The van der Waals surface area contributed by atoms with Crippen LogP contribution in [0.15, 0.2) is 42.5 Å². The molecule has 0 aliphatic heterocycles. The molecule has 92 valence electrons. The number of carbonyl (C=O) groups excluding carboxylic acids is 1. The van der Waals surface area contributed by atoms with Gasteiger partial charge in [-0.1, -0.05) is 17.7 Å². The van der Waals surface area contributed by atoms with Crippen molar-refractivity contribution in [1.82, 2.24) is 0 Å². The maximum atomic E-state index is 11.9. The first-order chi connectivity index (χ1) is 8.54. The van der Waals surface area contributed by atoms with Crippen molar-refractivity contribution in [2.45, 2.75) is 6.92 Å². The number of nitrogen functional groups attached to an aromatic ring is 2. The fraction of sp³-hybridized carbons (Fsp3) is 0.0714. The Bertz CT molecular complexity index is 557. The zero-order valence-electron chi connectivity index (χ0n) is 10.0. The summed E-state index contributed by atoms with van der Waals surface area (Å²) < 4.78 is 5.22. The summed E-state index contributed by atoms with van der Waals surface area (Å²) in [7, 11) is 0. The molecule has 0 atom stereocenters. The molecule has 0 aliphatic carbocycles. The van der Waals surface area contributed by atoms with E-state index in [0.717, 1.165) is 5.56 Å². The largest absolute Gasteiger partial charge is 0.423 e. The minimum atomic E-state index is -0.474. The molecule has 18 heavy (non-hydrogen) atoms. The fourth-order valence-electron chi connectivity index (χ4n) is 1.57. The molecule has 0 amide bonds. The van der Waals surface area contributed by atoms with Crippen molar-refractivity contribution in [3.8, 4) is 5.75 Å². The molecule has 2 aromatic rings. The van der Waals surface area contributed by atoms with Crippen LogP contribution in [0, 0.1) is 6.92 Å². The third-order valence-corrected chi connectivity index (χ3v) is 2.44. The van der Waals surface area contributed by atoms with Crippen molar-refractivity contribution in [1.29, 1.82) is 0 Å². The summed E-state index contributed by atoms with van der Waals surface area (Å²) in [5.74, 6) is 0.0180. The predicted molar refractivity (Wildman–Crippen MR) is 71.4 cm³/mol. The van der Waals surface area contributed by atoms with E-state index in [-0.39, 0.29) is 0 Å². The lowest BCUT2D eigenvalue weighted by Gasteiger charge is -2.06. The maximum absolute atomic E-state index is 11.9. The highest BCUT2D eigenvalue weighted by molar-refractivity contribution is 5.93. The van der Waals surface area contributed by atoms with Crippen LogP contribution in [0.1, 0.15) is 15.9 Å². The quantitative estimate of drug-likeness (QED) is 0.481. The molecular formula is C14H14N2O2. The number of esters is 1. The van der Waals surface area contributed by atoms with Gasteiger partial charge in [-0.2, -0.15) is 0 Å². The number of hydrogen-bond donors (Lipinski definition) is 2. The van der Waals surface area contributed by atoms with E-state index in [2.05, 4.69) is 0 Å². The summed E-state index contributed by atoms with van der Waals surface area (Å²) in [5, 5.41) is 0. The summed E-state index contributed by atoms with van der Waals surface area (Å²) in [6.07, 6.45) is 0. The minimum absolute atomic E-state index is 0.341. The Balaban J connectivity index is 2.19. The van der Waals surface area contributed by atoms with Gasteiger partial charge in [0.25, 0.3) is 0 Å². The van der Waals surface area contributed by atoms with E-state index in [4.69, 9.17) is 16.2 Å². The second kappa shape index (κ2) is 4.79. The summed E-state index contributed by atoms with van der Waals surface area (Å²) in [4.78, 5) is 11.9. The van der Waals surface area contributed by atoms with Crippen molar-refractivity contribution in [3.05, 3.63) is 53.6 Å². The molecule has 0 fully saturated rings. The number of nitrogens with two attached hydrogens (primary N) is 2. The Morgan fingerprint density at radius 1 is 1.00 bits per heavy atom. The summed E-state index contributed by atoms with van der Waals surface area (Å²) in [5.41, 5.74) is 13.6. The Morgan fingerprint density at radius 2 is 1.56 bits per heavy atom. The number of anilines is 2. The van der Waals surface area contributed by atoms with Gasteiger partial charge in [0.05, 0.1) is 5.56 Å². The van der Waals surface area contributed by atoms with Crippen molar-refractivity contribution < 1.29 is 9.53 Å². The molecule has 0 spiro atoms. The minimum Gasteiger partial charge on any atom is -0.423 e. The first-order valence-corrected chi connectivity index (χ1v) is 5.49. The van der Waals surface area contributed by atoms with E-state index in [9.17, 15) is 4.79 Å². The van der Waals surface area contributed by atoms with Crippen LogP contribution < -0.4 is 16.2 Å². The van der Waals surface area contributed by atoms with Crippen LogP contribution in [-0.4, -0.2) is 5.97 Å². The zero-order chi connectivity index (χ0) is 13.1. The normalized spacial score (nSPS) is 10.1. The van der Waals surface area contributed by atoms with Gasteiger partial charge in [0.1, 0.15) is 5.75 Å². The van der Waals surface area contributed by atoms with E-state index >= 15 is 0 Å². The molecule has 4 N–H and O–H groups in total. The van der Waals surface area contributed by atoms with Crippen LogP contribution in [0.5, 0.6) is 5.75 Å². The average molecular weight is 242 g/mol. The van der Waals surface area contributed by atoms with Crippen molar-refractivity contribution >= 4 is 17.3 Å². The molecule has 2 aromatic carbocycles. The van der Waals surface area contributed by atoms with Crippen LogP contribution in [-0.2, 0) is 0 Å². The molecular weight excluding hydrogens is 228 g/mol. The van der Waals surface area contributed by atoms with Crippen LogP contribution in [0.3, 0.4) is 0 Å². The van der Waals surface area contributed by atoms with Crippen LogP contribution in [0.25, 0.3) is 0 Å². The van der Waals surface area contributed by atoms with Crippen LogP contribution >= 0.6 is 0 Å². The molecule has 0 aromatic heterocycles. The highest BCUT2D eigenvalue weighted by Crippen LogP contribution is 2.17. The van der Waals surface area contributed by atoms with E-state index in [1.165, 1.54) is 12.1 Å². The summed E-state index contributed by atoms with van der Waals surface area (Å²) >= 11 is 0. The molecule has 0 bridgehead atoms. The van der Waals surface area contributed by atoms with Crippen LogP contribution in [0.2, 0.25) is 0 Å². The summed E-state index contributed by atoms with van der Waals surface area (Å²) in [6, 6.07) is 11.9. The van der Waals surface area contributed by atoms with Gasteiger partial charge in [0.2, 0.25) is 0 Å². The number of ether oxygens (including phenoxy) is 1. The summed E-state index contributed by atoms with van der Waals surface area (Å²) in [6.45, 7) is 1.96. The predicted octanol–water partition coefficient (Wildman–Crippen LogP) is 2.38. The zero-order valence-corrected chi connectivity index (χ0v) is 10.0. The highest BCUT2D eigenvalue weighted by Gasteiger charge is 2.09. The van der Waals surface area contributed by atoms with Crippen molar-refractivity contribution in [2.75, 3.05) is 11.5 Å². The Kier molecular flexibility index (Phi) is 3.19. The van der Waals surface area contributed by atoms with Gasteiger partial charge in [0, 0.05) is 11.4 Å². The molecule has 0 saturated heterocycles. The molecule has 4 nitrogen and oxygen atoms in total. The van der Waals surface area contributed by atoms with Gasteiger partial charge < -0.3 is 16.2 Å². The lowest BCUT2D eigenvalue weighted by Crippen LogP contribution is -2.09. The van der Waals surface area contributed by atoms with Gasteiger partial charge in [-0.25, -0.2) is 4.79 Å². The van der Waals surface area contributed by atoms with Gasteiger partial charge in [0.15, 0.2) is 0 Å². The number of hydrogen-bond acceptors (Lipinski definition) is 4. The molecule has 2 rings (SSSR count). The van der Waals surface area contributed by atoms with Gasteiger partial charge >= 0.3 is 5.97 Å². The standard InChI is InChI=1S/C14H14N2O2/c1-9-2-4-13(5-3-9)18-14(17)10-6-11(15)8-12(16)7-10/h2-8H,15-16H2,1H3. The number of aryl methyl sites for hydroxylation is 1. The van der Waals surface area contributed by atoms with Gasteiger partial charge in [-0.15, -0.1) is 0 Å².